The van der Waals surface area contributed by atoms with Crippen molar-refractivity contribution in [2.45, 2.75) is 26.4 Å². The van der Waals surface area contributed by atoms with Gasteiger partial charge in [-0.2, -0.15) is 0 Å². The molecule has 2 aromatic rings. The molecule has 0 aromatic carbocycles. The van der Waals surface area contributed by atoms with Crippen LogP contribution in [0.25, 0.3) is 0 Å². The van der Waals surface area contributed by atoms with E-state index in [0.717, 1.165) is 23.5 Å². The predicted molar refractivity (Wildman–Crippen MR) is 71.1 cm³/mol. The fraction of sp³-hybridized carbons (Fsp3) is 0.364. The van der Waals surface area contributed by atoms with E-state index < -0.39 is 0 Å². The Balaban J connectivity index is 2.12. The molecule has 0 radical (unpaired) electrons. The van der Waals surface area contributed by atoms with Crippen LogP contribution in [-0.4, -0.2) is 14.5 Å². The first kappa shape index (κ1) is 12.6. The van der Waals surface area contributed by atoms with Crippen molar-refractivity contribution < 1.29 is 0 Å². The number of hydrogen-bond acceptors (Lipinski definition) is 5. The van der Waals surface area contributed by atoms with Crippen molar-refractivity contribution in [3.63, 3.8) is 0 Å². The summed E-state index contributed by atoms with van der Waals surface area (Å²) < 4.78 is 1.62. The van der Waals surface area contributed by atoms with Gasteiger partial charge in [-0.1, -0.05) is 18.3 Å². The second-order valence-electron chi connectivity index (χ2n) is 3.80. The first-order valence-electron chi connectivity index (χ1n) is 5.66. The molecule has 96 valence electrons. The van der Waals surface area contributed by atoms with Crippen molar-refractivity contribution in [3.05, 3.63) is 43.5 Å². The Bertz CT molecular complexity index is 628. The number of H-pyrrole nitrogens is 1. The number of aryl methyl sites for hydroxylation is 1. The van der Waals surface area contributed by atoms with Gasteiger partial charge in [0.2, 0.25) is 0 Å². The molecule has 0 aliphatic heterocycles. The molecule has 0 spiro atoms. The lowest BCUT2D eigenvalue weighted by molar-refractivity contribution is 0.649. The number of aromatic amines is 1. The Morgan fingerprint density at radius 3 is 3.00 bits per heavy atom. The van der Waals surface area contributed by atoms with Crippen LogP contribution in [0.4, 0.5) is 5.82 Å². The monoisotopic (exact) mass is 266 g/mol. The normalized spacial score (nSPS) is 10.5. The van der Waals surface area contributed by atoms with Crippen LogP contribution in [0.15, 0.2) is 27.4 Å². The zero-order chi connectivity index (χ0) is 13.0. The molecule has 0 fully saturated rings. The van der Waals surface area contributed by atoms with Crippen LogP contribution < -0.4 is 15.7 Å². The van der Waals surface area contributed by atoms with Crippen molar-refractivity contribution in [1.82, 2.24) is 14.5 Å². The minimum Gasteiger partial charge on any atom is -0.360 e. The molecule has 0 aliphatic rings. The molecule has 0 amide bonds. The molecule has 0 atom stereocenters. The van der Waals surface area contributed by atoms with E-state index in [1.54, 1.807) is 22.3 Å². The largest absolute Gasteiger partial charge is 0.360 e. The summed E-state index contributed by atoms with van der Waals surface area (Å²) in [7, 11) is 0. The van der Waals surface area contributed by atoms with E-state index in [2.05, 4.69) is 15.3 Å². The summed E-state index contributed by atoms with van der Waals surface area (Å²) in [6.45, 7) is 3.07. The molecule has 7 heteroatoms. The van der Waals surface area contributed by atoms with Crippen molar-refractivity contribution >= 4 is 17.2 Å². The molecule has 0 aliphatic carbocycles. The number of rotatable bonds is 5. The first-order valence-corrected chi connectivity index (χ1v) is 6.54. The van der Waals surface area contributed by atoms with Gasteiger partial charge in [0.1, 0.15) is 0 Å². The summed E-state index contributed by atoms with van der Waals surface area (Å²) in [6, 6.07) is 0. The lowest BCUT2D eigenvalue weighted by Crippen LogP contribution is -2.24. The second kappa shape index (κ2) is 5.63. The van der Waals surface area contributed by atoms with Gasteiger partial charge in [-0.05, 0) is 6.42 Å². The number of thiazole rings is 1. The van der Waals surface area contributed by atoms with Crippen molar-refractivity contribution in [1.29, 1.82) is 0 Å². The topological polar surface area (TPSA) is 79.8 Å². The van der Waals surface area contributed by atoms with E-state index >= 15 is 0 Å². The molecule has 2 rings (SSSR count). The summed E-state index contributed by atoms with van der Waals surface area (Å²) in [6.07, 6.45) is 4.15. The second-order valence-corrected chi connectivity index (χ2v) is 4.64. The van der Waals surface area contributed by atoms with Crippen LogP contribution in [0.3, 0.4) is 0 Å². The van der Waals surface area contributed by atoms with Crippen molar-refractivity contribution in [2.75, 3.05) is 5.32 Å². The molecule has 0 saturated heterocycles. The van der Waals surface area contributed by atoms with Gasteiger partial charge in [-0.15, -0.1) is 0 Å². The van der Waals surface area contributed by atoms with Gasteiger partial charge in [-0.25, -0.2) is 4.98 Å². The highest BCUT2D eigenvalue weighted by Gasteiger charge is 2.04. The lowest BCUT2D eigenvalue weighted by Gasteiger charge is -2.07. The molecule has 0 saturated carbocycles. The third-order valence-electron chi connectivity index (χ3n) is 2.40. The molecule has 0 unspecified atom stereocenters. The van der Waals surface area contributed by atoms with Gasteiger partial charge in [0.15, 0.2) is 5.82 Å². The van der Waals surface area contributed by atoms with Crippen LogP contribution in [0, 0.1) is 0 Å². The molecule has 18 heavy (non-hydrogen) atoms. The Morgan fingerprint density at radius 1 is 1.50 bits per heavy atom. The number of nitrogens with one attached hydrogen (secondary N) is 2. The number of hydrogen-bond donors (Lipinski definition) is 2. The summed E-state index contributed by atoms with van der Waals surface area (Å²) in [5.74, 6) is 0.304. The molecule has 2 N–H and O–H groups in total. The van der Waals surface area contributed by atoms with Crippen LogP contribution in [0.2, 0.25) is 0 Å². The maximum atomic E-state index is 12.0. The Labute approximate surface area is 107 Å². The quantitative estimate of drug-likeness (QED) is 0.846. The Kier molecular flexibility index (Phi) is 3.93. The van der Waals surface area contributed by atoms with Gasteiger partial charge in [0, 0.05) is 30.0 Å². The van der Waals surface area contributed by atoms with E-state index in [1.165, 1.54) is 0 Å². The Morgan fingerprint density at radius 2 is 2.33 bits per heavy atom. The van der Waals surface area contributed by atoms with Crippen LogP contribution in [-0.2, 0) is 13.1 Å². The van der Waals surface area contributed by atoms with Gasteiger partial charge in [-0.3, -0.25) is 9.59 Å². The maximum Gasteiger partial charge on any atom is 0.304 e. The highest BCUT2D eigenvalue weighted by atomic mass is 32.1. The van der Waals surface area contributed by atoms with Gasteiger partial charge >= 0.3 is 4.87 Å². The number of nitrogens with zero attached hydrogens (tertiary/aromatic N) is 2. The molecule has 2 heterocycles. The van der Waals surface area contributed by atoms with Crippen LogP contribution >= 0.6 is 11.3 Å². The smallest absolute Gasteiger partial charge is 0.304 e. The number of aromatic nitrogens is 3. The molecular weight excluding hydrogens is 252 g/mol. The average Bonchev–Trinajstić information content (AvgIpc) is 2.77. The molecule has 6 nitrogen and oxygen atoms in total. The highest BCUT2D eigenvalue weighted by Crippen LogP contribution is 2.00. The zero-order valence-electron chi connectivity index (χ0n) is 9.97. The van der Waals surface area contributed by atoms with E-state index in [4.69, 9.17) is 0 Å². The maximum absolute atomic E-state index is 12.0. The van der Waals surface area contributed by atoms with E-state index in [0.29, 0.717) is 18.9 Å². The predicted octanol–water partition coefficient (Wildman–Crippen LogP) is 1.02. The Hall–Kier alpha value is -1.89. The average molecular weight is 266 g/mol. The first-order chi connectivity index (χ1) is 8.70. The van der Waals surface area contributed by atoms with Crippen LogP contribution in [0.1, 0.15) is 19.0 Å². The standard InChI is InChI=1S/C11H14N4O2S/c1-2-4-15-5-3-12-9(10(15)16)13-6-8-7-18-11(17)14-8/h3,5,7H,2,4,6H2,1H3,(H,12,13)(H,14,17). The lowest BCUT2D eigenvalue weighted by atomic mass is 10.4. The van der Waals surface area contributed by atoms with Crippen LogP contribution in [0.5, 0.6) is 0 Å². The third kappa shape index (κ3) is 2.86. The number of anilines is 1. The van der Waals surface area contributed by atoms with Gasteiger partial charge < -0.3 is 14.9 Å². The van der Waals surface area contributed by atoms with Crippen molar-refractivity contribution in [3.8, 4) is 0 Å². The molecule has 0 bridgehead atoms. The SMILES string of the molecule is CCCn1ccnc(NCc2csc(=O)[nH]2)c1=O. The minimum atomic E-state index is -0.142. The van der Waals surface area contributed by atoms with Crippen molar-refractivity contribution in [2.24, 2.45) is 0 Å². The van der Waals surface area contributed by atoms with E-state index in [1.807, 2.05) is 6.92 Å². The summed E-state index contributed by atoms with van der Waals surface area (Å²) in [4.78, 5) is 29.5. The summed E-state index contributed by atoms with van der Waals surface area (Å²) in [5.41, 5.74) is 0.606. The summed E-state index contributed by atoms with van der Waals surface area (Å²) in [5, 5.41) is 4.66. The zero-order valence-corrected chi connectivity index (χ0v) is 10.8. The fourth-order valence-corrected chi connectivity index (χ4v) is 2.15. The van der Waals surface area contributed by atoms with Gasteiger partial charge in [0.25, 0.3) is 5.56 Å². The fourth-order valence-electron chi connectivity index (χ4n) is 1.57. The highest BCUT2D eigenvalue weighted by molar-refractivity contribution is 7.07. The third-order valence-corrected chi connectivity index (χ3v) is 3.11. The van der Waals surface area contributed by atoms with E-state index in [-0.39, 0.29) is 10.4 Å². The minimum absolute atomic E-state index is 0.101. The van der Waals surface area contributed by atoms with E-state index in [9.17, 15) is 9.59 Å². The summed E-state index contributed by atoms with van der Waals surface area (Å²) >= 11 is 1.10. The van der Waals surface area contributed by atoms with Gasteiger partial charge in [0.05, 0.1) is 6.54 Å². The molecule has 2 aromatic heterocycles. The molecular formula is C11H14N4O2S.